The number of urea groups is 1. The second-order valence-electron chi connectivity index (χ2n) is 8.14. The van der Waals surface area contributed by atoms with Crippen LogP contribution < -0.4 is 10.6 Å². The molecule has 0 aromatic heterocycles. The molecule has 3 rings (SSSR count). The fourth-order valence-corrected chi connectivity index (χ4v) is 3.97. The van der Waals surface area contributed by atoms with Gasteiger partial charge in [-0.1, -0.05) is 56.0 Å². The van der Waals surface area contributed by atoms with E-state index in [0.717, 1.165) is 30.6 Å². The Balaban J connectivity index is 1.55. The lowest BCUT2D eigenvalue weighted by Gasteiger charge is -2.22. The Bertz CT molecular complexity index is 804. The zero-order chi connectivity index (χ0) is 21.7. The first kappa shape index (κ1) is 21.8. The van der Waals surface area contributed by atoms with Crippen LogP contribution in [-0.4, -0.2) is 47.4 Å². The van der Waals surface area contributed by atoms with Crippen molar-refractivity contribution in [2.45, 2.75) is 70.1 Å². The summed E-state index contributed by atoms with van der Waals surface area (Å²) in [6.07, 6.45) is 5.34. The molecule has 2 fully saturated rings. The molecule has 0 spiro atoms. The fraction of sp³-hybridized carbons (Fsp3) is 0.545. The van der Waals surface area contributed by atoms with E-state index in [1.807, 2.05) is 6.07 Å². The number of hydrogen-bond donors (Lipinski definition) is 2. The van der Waals surface area contributed by atoms with Crippen LogP contribution in [0.3, 0.4) is 0 Å². The van der Waals surface area contributed by atoms with Crippen LogP contribution in [0.2, 0.25) is 0 Å². The number of carbonyl (C=O) groups excluding carboxylic acids is 4. The fourth-order valence-electron chi connectivity index (χ4n) is 3.97. The third kappa shape index (κ3) is 4.80. The first-order valence-corrected chi connectivity index (χ1v) is 10.5. The lowest BCUT2D eigenvalue weighted by molar-refractivity contribution is -0.156. The number of hydrogen-bond acceptors (Lipinski definition) is 5. The van der Waals surface area contributed by atoms with Crippen LogP contribution in [0.15, 0.2) is 30.3 Å². The second-order valence-corrected chi connectivity index (χ2v) is 8.14. The molecule has 30 heavy (non-hydrogen) atoms. The molecular weight excluding hydrogens is 386 g/mol. The second kappa shape index (κ2) is 9.28. The molecule has 0 bridgehead atoms. The van der Waals surface area contributed by atoms with Crippen molar-refractivity contribution in [1.82, 2.24) is 15.5 Å². The van der Waals surface area contributed by atoms with E-state index in [-0.39, 0.29) is 11.9 Å². The Kier molecular flexibility index (Phi) is 6.74. The lowest BCUT2D eigenvalue weighted by Crippen LogP contribution is -2.44. The average Bonchev–Trinajstić information content (AvgIpc) is 2.91. The summed E-state index contributed by atoms with van der Waals surface area (Å²) in [7, 11) is 0. The van der Waals surface area contributed by atoms with Gasteiger partial charge in [-0.05, 0) is 32.3 Å². The predicted molar refractivity (Wildman–Crippen MR) is 109 cm³/mol. The van der Waals surface area contributed by atoms with Gasteiger partial charge in [-0.3, -0.25) is 19.3 Å². The van der Waals surface area contributed by atoms with Gasteiger partial charge in [0, 0.05) is 6.04 Å². The molecular formula is C22H29N3O5. The number of amides is 4. The van der Waals surface area contributed by atoms with Crippen LogP contribution in [-0.2, 0) is 24.7 Å². The van der Waals surface area contributed by atoms with Gasteiger partial charge < -0.3 is 15.4 Å². The maximum atomic E-state index is 12.8. The number of benzene rings is 1. The molecule has 8 heteroatoms. The highest BCUT2D eigenvalue weighted by Gasteiger charge is 2.49. The lowest BCUT2D eigenvalue weighted by atomic mass is 9.92. The summed E-state index contributed by atoms with van der Waals surface area (Å²) in [6.45, 7) is 2.54. The molecule has 0 unspecified atom stereocenters. The Morgan fingerprint density at radius 1 is 1.17 bits per heavy atom. The van der Waals surface area contributed by atoms with E-state index in [9.17, 15) is 19.2 Å². The molecule has 4 amide bonds. The number of rotatable bonds is 6. The summed E-state index contributed by atoms with van der Waals surface area (Å²) in [5, 5.41) is 5.57. The molecule has 1 saturated carbocycles. The molecule has 1 saturated heterocycles. The van der Waals surface area contributed by atoms with Gasteiger partial charge in [0.2, 0.25) is 0 Å². The van der Waals surface area contributed by atoms with Crippen molar-refractivity contribution in [2.24, 2.45) is 0 Å². The van der Waals surface area contributed by atoms with Crippen LogP contribution in [0.5, 0.6) is 0 Å². The number of esters is 1. The van der Waals surface area contributed by atoms with E-state index in [1.165, 1.54) is 19.8 Å². The first-order valence-electron chi connectivity index (χ1n) is 10.5. The Labute approximate surface area is 176 Å². The summed E-state index contributed by atoms with van der Waals surface area (Å²) in [6, 6.07) is 8.25. The third-order valence-electron chi connectivity index (χ3n) is 5.79. The van der Waals surface area contributed by atoms with Gasteiger partial charge in [0.1, 0.15) is 12.1 Å². The van der Waals surface area contributed by atoms with Crippen molar-refractivity contribution in [1.29, 1.82) is 0 Å². The van der Waals surface area contributed by atoms with Gasteiger partial charge in [-0.2, -0.15) is 0 Å². The van der Waals surface area contributed by atoms with E-state index in [2.05, 4.69) is 10.6 Å². The minimum atomic E-state index is -1.25. The van der Waals surface area contributed by atoms with Gasteiger partial charge in [0.15, 0.2) is 6.10 Å². The van der Waals surface area contributed by atoms with E-state index in [1.54, 1.807) is 31.2 Å². The van der Waals surface area contributed by atoms with Gasteiger partial charge in [-0.15, -0.1) is 0 Å². The van der Waals surface area contributed by atoms with Crippen molar-refractivity contribution in [3.05, 3.63) is 35.9 Å². The average molecular weight is 415 g/mol. The van der Waals surface area contributed by atoms with Crippen molar-refractivity contribution < 1.29 is 23.9 Å². The highest BCUT2D eigenvalue weighted by atomic mass is 16.5. The molecule has 1 heterocycles. The van der Waals surface area contributed by atoms with E-state index in [4.69, 9.17) is 4.74 Å². The molecule has 8 nitrogen and oxygen atoms in total. The summed E-state index contributed by atoms with van der Waals surface area (Å²) >= 11 is 0. The van der Waals surface area contributed by atoms with Crippen molar-refractivity contribution in [3.63, 3.8) is 0 Å². The molecule has 1 aliphatic heterocycles. The normalized spacial score (nSPS) is 23.5. The molecule has 162 valence electrons. The first-order chi connectivity index (χ1) is 14.3. The molecule has 0 radical (unpaired) electrons. The van der Waals surface area contributed by atoms with Crippen LogP contribution >= 0.6 is 0 Å². The maximum Gasteiger partial charge on any atom is 0.327 e. The Hall–Kier alpha value is -2.90. The third-order valence-corrected chi connectivity index (χ3v) is 5.79. The van der Waals surface area contributed by atoms with Gasteiger partial charge in [0.25, 0.3) is 11.8 Å². The molecule has 1 aromatic rings. The predicted octanol–water partition coefficient (Wildman–Crippen LogP) is 2.22. The summed E-state index contributed by atoms with van der Waals surface area (Å²) < 4.78 is 5.19. The number of carbonyl (C=O) groups is 4. The van der Waals surface area contributed by atoms with Crippen molar-refractivity contribution in [2.75, 3.05) is 6.54 Å². The summed E-state index contributed by atoms with van der Waals surface area (Å²) in [4.78, 5) is 50.7. The standard InChI is InChI=1S/C22H29N3O5/c1-15(19(27)23-17-12-8-3-4-9-13-17)30-18(26)14-25-20(28)22(2,24-21(25)29)16-10-6-5-7-11-16/h5-7,10-11,15,17H,3-4,8-9,12-14H2,1-2H3,(H,23,27)(H,24,29)/t15-,22-/m1/s1. The zero-order valence-electron chi connectivity index (χ0n) is 17.5. The van der Waals surface area contributed by atoms with Gasteiger partial charge in [0.05, 0.1) is 0 Å². The topological polar surface area (TPSA) is 105 Å². The number of nitrogens with one attached hydrogen (secondary N) is 2. The van der Waals surface area contributed by atoms with Crippen molar-refractivity contribution in [3.8, 4) is 0 Å². The highest BCUT2D eigenvalue weighted by molar-refractivity contribution is 6.08. The van der Waals surface area contributed by atoms with Crippen LogP contribution in [0.25, 0.3) is 0 Å². The quantitative estimate of drug-likeness (QED) is 0.421. The SMILES string of the molecule is C[C@@H](OC(=O)CN1C(=O)N[C@](C)(c2ccccc2)C1=O)C(=O)NC1CCCCCC1. The smallest absolute Gasteiger partial charge is 0.327 e. The van der Waals surface area contributed by atoms with E-state index in [0.29, 0.717) is 5.56 Å². The van der Waals surface area contributed by atoms with E-state index < -0.39 is 36.1 Å². The minimum absolute atomic E-state index is 0.0960. The summed E-state index contributed by atoms with van der Waals surface area (Å²) in [5.74, 6) is -1.70. The molecule has 2 N–H and O–H groups in total. The maximum absolute atomic E-state index is 12.8. The summed E-state index contributed by atoms with van der Waals surface area (Å²) in [5.41, 5.74) is -0.628. The molecule has 2 atom stereocenters. The minimum Gasteiger partial charge on any atom is -0.451 e. The number of ether oxygens (including phenoxy) is 1. The van der Waals surface area contributed by atoms with Crippen LogP contribution in [0, 0.1) is 0 Å². The Morgan fingerprint density at radius 2 is 1.80 bits per heavy atom. The van der Waals surface area contributed by atoms with E-state index >= 15 is 0 Å². The molecule has 1 aromatic carbocycles. The van der Waals surface area contributed by atoms with Gasteiger partial charge in [-0.25, -0.2) is 4.79 Å². The highest BCUT2D eigenvalue weighted by Crippen LogP contribution is 2.28. The molecule has 1 aliphatic carbocycles. The van der Waals surface area contributed by atoms with Crippen LogP contribution in [0.4, 0.5) is 4.79 Å². The molecule has 2 aliphatic rings. The monoisotopic (exact) mass is 415 g/mol. The van der Waals surface area contributed by atoms with Crippen LogP contribution in [0.1, 0.15) is 57.9 Å². The number of nitrogens with zero attached hydrogens (tertiary/aromatic N) is 1. The van der Waals surface area contributed by atoms with Crippen molar-refractivity contribution >= 4 is 23.8 Å². The Morgan fingerprint density at radius 3 is 2.43 bits per heavy atom. The largest absolute Gasteiger partial charge is 0.451 e. The number of imide groups is 1. The van der Waals surface area contributed by atoms with Gasteiger partial charge >= 0.3 is 12.0 Å². The zero-order valence-corrected chi connectivity index (χ0v) is 17.5.